The molecule has 0 bridgehead atoms. The topological polar surface area (TPSA) is 78.0 Å². The van der Waals surface area contributed by atoms with Crippen LogP contribution in [0.15, 0.2) is 29.3 Å². The fourth-order valence-electron chi connectivity index (χ4n) is 3.02. The van der Waals surface area contributed by atoms with Gasteiger partial charge in [0, 0.05) is 38.4 Å². The van der Waals surface area contributed by atoms with Crippen molar-refractivity contribution >= 4 is 17.6 Å². The summed E-state index contributed by atoms with van der Waals surface area (Å²) in [5.74, 6) is 0.596. The lowest BCUT2D eigenvalue weighted by Crippen LogP contribution is -2.50. The van der Waals surface area contributed by atoms with Gasteiger partial charge in [0.1, 0.15) is 12.4 Å². The van der Waals surface area contributed by atoms with Crippen LogP contribution < -0.4 is 16.0 Å². The van der Waals surface area contributed by atoms with Crippen LogP contribution in [0.1, 0.15) is 20.8 Å². The van der Waals surface area contributed by atoms with E-state index in [4.69, 9.17) is 4.74 Å². The van der Waals surface area contributed by atoms with Crippen molar-refractivity contribution in [1.82, 2.24) is 15.5 Å². The van der Waals surface area contributed by atoms with Crippen LogP contribution in [0.4, 0.5) is 10.1 Å². The number of amides is 1. The van der Waals surface area contributed by atoms with Crippen molar-refractivity contribution in [3.05, 3.63) is 30.1 Å². The van der Waals surface area contributed by atoms with Gasteiger partial charge in [-0.25, -0.2) is 9.38 Å². The fraction of sp³-hybridized carbons (Fsp3) is 0.600. The smallest absolute Gasteiger partial charge is 0.246 e. The molecule has 2 rings (SSSR count). The number of halogens is 1. The summed E-state index contributed by atoms with van der Waals surface area (Å²) in [6.45, 7) is 11.3. The number of nitrogens with one attached hydrogen (secondary N) is 3. The van der Waals surface area contributed by atoms with E-state index in [1.807, 2.05) is 6.92 Å². The zero-order chi connectivity index (χ0) is 20.4. The summed E-state index contributed by atoms with van der Waals surface area (Å²) >= 11 is 0. The minimum absolute atomic E-state index is 0.0301. The van der Waals surface area contributed by atoms with Gasteiger partial charge in [0.25, 0.3) is 0 Å². The highest BCUT2D eigenvalue weighted by Crippen LogP contribution is 2.08. The molecule has 0 radical (unpaired) electrons. The number of nitrogens with zero attached hydrogens (tertiary/aromatic N) is 2. The van der Waals surface area contributed by atoms with Gasteiger partial charge in [0.2, 0.25) is 5.91 Å². The Bertz CT molecular complexity index is 636. The zero-order valence-electron chi connectivity index (χ0n) is 17.0. The van der Waals surface area contributed by atoms with Crippen LogP contribution in [0, 0.1) is 11.7 Å². The Kier molecular flexibility index (Phi) is 9.16. The molecule has 1 fully saturated rings. The summed E-state index contributed by atoms with van der Waals surface area (Å²) in [5, 5.41) is 9.08. The van der Waals surface area contributed by atoms with E-state index >= 15 is 0 Å². The number of aliphatic imine (C=N–C) groups is 1. The molecule has 1 aliphatic rings. The number of morpholine rings is 1. The molecule has 0 aromatic heterocycles. The molecule has 1 saturated heterocycles. The minimum Gasteiger partial charge on any atom is -0.374 e. The van der Waals surface area contributed by atoms with E-state index in [0.29, 0.717) is 30.7 Å². The number of hydrogen-bond donors (Lipinski definition) is 3. The number of guanidine groups is 1. The van der Waals surface area contributed by atoms with E-state index < -0.39 is 0 Å². The molecule has 1 unspecified atom stereocenters. The van der Waals surface area contributed by atoms with Crippen molar-refractivity contribution < 1.29 is 13.9 Å². The maximum absolute atomic E-state index is 12.9. The monoisotopic (exact) mass is 393 g/mol. The van der Waals surface area contributed by atoms with E-state index in [0.717, 1.165) is 26.2 Å². The van der Waals surface area contributed by atoms with Gasteiger partial charge in [0.05, 0.1) is 12.7 Å². The molecule has 3 N–H and O–H groups in total. The van der Waals surface area contributed by atoms with Crippen LogP contribution in [-0.4, -0.2) is 68.7 Å². The molecular weight excluding hydrogens is 361 g/mol. The highest BCUT2D eigenvalue weighted by atomic mass is 19.1. The second-order valence-electron chi connectivity index (χ2n) is 7.28. The molecule has 0 spiro atoms. The van der Waals surface area contributed by atoms with Crippen molar-refractivity contribution in [2.75, 3.05) is 51.2 Å². The zero-order valence-corrected chi connectivity index (χ0v) is 17.0. The number of benzene rings is 1. The molecular formula is C20H32FN5O2. The lowest BCUT2D eigenvalue weighted by atomic mass is 10.2. The number of ether oxygens (including phenoxy) is 1. The molecule has 8 heteroatoms. The number of carbonyl (C=O) groups excluding carboxylic acids is 1. The standard InChI is InChI=1S/C20H32FN5O2/c1-4-22-20(23-11-18-14-26(9-10-28-18)13-15(2)3)24-12-19(27)25-17-7-5-16(21)6-8-17/h5-8,15,18H,4,9-14H2,1-3H3,(H,25,27)(H2,22,23,24). The summed E-state index contributed by atoms with van der Waals surface area (Å²) in [4.78, 5) is 18.8. The number of hydrogen-bond acceptors (Lipinski definition) is 4. The first-order chi connectivity index (χ1) is 13.5. The van der Waals surface area contributed by atoms with Gasteiger partial charge >= 0.3 is 0 Å². The Morgan fingerprint density at radius 1 is 1.32 bits per heavy atom. The van der Waals surface area contributed by atoms with E-state index in [1.54, 1.807) is 0 Å². The van der Waals surface area contributed by atoms with Crippen molar-refractivity contribution in [1.29, 1.82) is 0 Å². The number of carbonyl (C=O) groups is 1. The van der Waals surface area contributed by atoms with Crippen LogP contribution >= 0.6 is 0 Å². The predicted octanol–water partition coefficient (Wildman–Crippen LogP) is 1.68. The second-order valence-corrected chi connectivity index (χ2v) is 7.28. The second kappa shape index (κ2) is 11.6. The Hall–Kier alpha value is -2.19. The van der Waals surface area contributed by atoms with Crippen LogP contribution in [0.3, 0.4) is 0 Å². The molecule has 1 atom stereocenters. The molecule has 1 aliphatic heterocycles. The lowest BCUT2D eigenvalue weighted by Gasteiger charge is -2.34. The Balaban J connectivity index is 1.80. The van der Waals surface area contributed by atoms with E-state index in [1.165, 1.54) is 24.3 Å². The number of anilines is 1. The molecule has 28 heavy (non-hydrogen) atoms. The first-order valence-electron chi connectivity index (χ1n) is 9.87. The van der Waals surface area contributed by atoms with Gasteiger partial charge < -0.3 is 20.7 Å². The normalized spacial score (nSPS) is 18.2. The SMILES string of the molecule is CCNC(=NCC(=O)Nc1ccc(F)cc1)NCC1CN(CC(C)C)CCO1. The highest BCUT2D eigenvalue weighted by Gasteiger charge is 2.21. The molecule has 1 aromatic carbocycles. The maximum atomic E-state index is 12.9. The van der Waals surface area contributed by atoms with Crippen molar-refractivity contribution in [3.63, 3.8) is 0 Å². The van der Waals surface area contributed by atoms with Crippen LogP contribution in [0.2, 0.25) is 0 Å². The predicted molar refractivity (Wildman–Crippen MR) is 110 cm³/mol. The summed E-state index contributed by atoms with van der Waals surface area (Å²) in [6.07, 6.45) is 0.0874. The third-order valence-electron chi connectivity index (χ3n) is 4.20. The minimum atomic E-state index is -0.341. The van der Waals surface area contributed by atoms with Gasteiger partial charge in [-0.3, -0.25) is 9.69 Å². The maximum Gasteiger partial charge on any atom is 0.246 e. The molecule has 7 nitrogen and oxygen atoms in total. The fourth-order valence-corrected chi connectivity index (χ4v) is 3.02. The molecule has 1 aromatic rings. The first-order valence-corrected chi connectivity index (χ1v) is 9.87. The van der Waals surface area contributed by atoms with E-state index in [-0.39, 0.29) is 24.4 Å². The Labute approximate surface area is 166 Å². The van der Waals surface area contributed by atoms with Crippen LogP contribution in [0.25, 0.3) is 0 Å². The molecule has 1 amide bonds. The average molecular weight is 394 g/mol. The third kappa shape index (κ3) is 8.22. The highest BCUT2D eigenvalue weighted by molar-refractivity contribution is 5.94. The molecule has 156 valence electrons. The molecule has 0 aliphatic carbocycles. The summed E-state index contributed by atoms with van der Waals surface area (Å²) in [6, 6.07) is 5.64. The van der Waals surface area contributed by atoms with Gasteiger partial charge in [-0.05, 0) is 37.1 Å². The lowest BCUT2D eigenvalue weighted by molar-refractivity contribution is -0.114. The first kappa shape index (κ1) is 22.1. The van der Waals surface area contributed by atoms with E-state index in [9.17, 15) is 9.18 Å². The van der Waals surface area contributed by atoms with Crippen molar-refractivity contribution in [2.24, 2.45) is 10.9 Å². The summed E-state index contributed by atoms with van der Waals surface area (Å²) < 4.78 is 18.8. The molecule has 1 heterocycles. The Morgan fingerprint density at radius 2 is 2.07 bits per heavy atom. The van der Waals surface area contributed by atoms with Crippen molar-refractivity contribution in [3.8, 4) is 0 Å². The average Bonchev–Trinajstić information content (AvgIpc) is 2.65. The van der Waals surface area contributed by atoms with Crippen molar-refractivity contribution in [2.45, 2.75) is 26.9 Å². The number of rotatable bonds is 8. The largest absolute Gasteiger partial charge is 0.374 e. The van der Waals surface area contributed by atoms with Gasteiger partial charge in [-0.1, -0.05) is 13.8 Å². The van der Waals surface area contributed by atoms with E-state index in [2.05, 4.69) is 39.7 Å². The summed E-state index contributed by atoms with van der Waals surface area (Å²) in [7, 11) is 0. The van der Waals surface area contributed by atoms with Gasteiger partial charge in [0.15, 0.2) is 5.96 Å². The molecule has 0 saturated carbocycles. The van der Waals surface area contributed by atoms with Gasteiger partial charge in [-0.2, -0.15) is 0 Å². The third-order valence-corrected chi connectivity index (χ3v) is 4.20. The van der Waals surface area contributed by atoms with Gasteiger partial charge in [-0.15, -0.1) is 0 Å². The quantitative estimate of drug-likeness (QED) is 0.463. The summed E-state index contributed by atoms with van der Waals surface area (Å²) in [5.41, 5.74) is 0.542. The Morgan fingerprint density at radius 3 is 2.75 bits per heavy atom. The van der Waals surface area contributed by atoms with Crippen LogP contribution in [0.5, 0.6) is 0 Å². The van der Waals surface area contributed by atoms with Crippen LogP contribution in [-0.2, 0) is 9.53 Å².